The number of pyridine rings is 1. The highest BCUT2D eigenvalue weighted by molar-refractivity contribution is 7.88. The lowest BCUT2D eigenvalue weighted by atomic mass is 9.88. The summed E-state index contributed by atoms with van der Waals surface area (Å²) in [5, 5.41) is 12.8. The molecule has 2 aliphatic rings. The summed E-state index contributed by atoms with van der Waals surface area (Å²) in [6, 6.07) is 8.87. The molecule has 2 N–H and O–H groups in total. The van der Waals surface area contributed by atoms with Gasteiger partial charge in [0.1, 0.15) is 11.8 Å². The molecule has 1 amide bonds. The van der Waals surface area contributed by atoms with Crippen LogP contribution in [0.25, 0.3) is 11.1 Å². The Kier molecular flexibility index (Phi) is 5.87. The molecule has 0 spiro atoms. The third-order valence-electron chi connectivity index (χ3n) is 6.42. The van der Waals surface area contributed by atoms with E-state index >= 15 is 0 Å². The summed E-state index contributed by atoms with van der Waals surface area (Å²) in [4.78, 5) is 26.2. The SMILES string of the molecule is CCNC(=O)[C@H]1[C@H](CO)[C@H]2Cn3c(ccc(-c4ccccc4OC)c3=O)[C@H]2N1S(C)(=O)=O. The van der Waals surface area contributed by atoms with E-state index in [-0.39, 0.29) is 18.7 Å². The molecular weight excluding hydrogens is 434 g/mol. The number of carbonyl (C=O) groups excluding carboxylic acids is 1. The number of likely N-dealkylation sites (N-methyl/N-ethyl adjacent to an activating group) is 1. The smallest absolute Gasteiger partial charge is 0.258 e. The van der Waals surface area contributed by atoms with Gasteiger partial charge >= 0.3 is 0 Å². The average Bonchev–Trinajstić information content (AvgIpc) is 3.28. The first-order chi connectivity index (χ1) is 15.2. The molecule has 3 heterocycles. The van der Waals surface area contributed by atoms with Crippen molar-refractivity contribution in [1.29, 1.82) is 0 Å². The number of sulfonamides is 1. The molecule has 2 aliphatic heterocycles. The number of nitrogens with one attached hydrogen (secondary N) is 1. The lowest BCUT2D eigenvalue weighted by Crippen LogP contribution is -2.50. The Morgan fingerprint density at radius 3 is 2.56 bits per heavy atom. The van der Waals surface area contributed by atoms with Crippen LogP contribution in [-0.4, -0.2) is 60.9 Å². The molecule has 0 saturated carbocycles. The standard InChI is InChI=1S/C22H27N3O6S/c1-4-23-21(27)20-16(12-26)15-11-24-17(19(15)25(20)32(3,29)30)10-9-14(22(24)28)13-7-5-6-8-18(13)31-2/h5-10,15-16,19-20,26H,4,11-12H2,1-3H3,(H,23,27)/t15-,16-,19+,20-/m1/s1. The molecular formula is C22H27N3O6S. The third kappa shape index (κ3) is 3.42. The van der Waals surface area contributed by atoms with E-state index in [1.807, 2.05) is 12.1 Å². The Bertz CT molecular complexity index is 1210. The van der Waals surface area contributed by atoms with Crippen LogP contribution in [0.5, 0.6) is 5.75 Å². The average molecular weight is 462 g/mol. The van der Waals surface area contributed by atoms with Gasteiger partial charge in [0.2, 0.25) is 15.9 Å². The molecule has 32 heavy (non-hydrogen) atoms. The maximum absolute atomic E-state index is 13.4. The number of para-hydroxylation sites is 1. The largest absolute Gasteiger partial charge is 0.496 e. The summed E-state index contributed by atoms with van der Waals surface area (Å²) in [6.45, 7) is 1.95. The predicted octanol–water partition coefficient (Wildman–Crippen LogP) is 0.583. The van der Waals surface area contributed by atoms with Gasteiger partial charge in [-0.25, -0.2) is 8.42 Å². The van der Waals surface area contributed by atoms with Gasteiger partial charge in [-0.05, 0) is 25.1 Å². The van der Waals surface area contributed by atoms with Crippen LogP contribution < -0.4 is 15.6 Å². The lowest BCUT2D eigenvalue weighted by molar-refractivity contribution is -0.126. The fourth-order valence-electron chi connectivity index (χ4n) is 5.16. The van der Waals surface area contributed by atoms with E-state index in [0.717, 1.165) is 6.26 Å². The summed E-state index contributed by atoms with van der Waals surface area (Å²) in [5.74, 6) is -0.908. The van der Waals surface area contributed by atoms with E-state index < -0.39 is 39.8 Å². The first-order valence-corrected chi connectivity index (χ1v) is 12.3. The lowest BCUT2D eigenvalue weighted by Gasteiger charge is -2.28. The minimum absolute atomic E-state index is 0.217. The highest BCUT2D eigenvalue weighted by atomic mass is 32.2. The van der Waals surface area contributed by atoms with Gasteiger partial charge in [-0.2, -0.15) is 4.31 Å². The van der Waals surface area contributed by atoms with Gasteiger partial charge in [0.05, 0.1) is 25.0 Å². The van der Waals surface area contributed by atoms with Gasteiger partial charge in [0.15, 0.2) is 0 Å². The summed E-state index contributed by atoms with van der Waals surface area (Å²) in [5.41, 5.74) is 1.35. The molecule has 1 fully saturated rings. The second-order valence-electron chi connectivity index (χ2n) is 8.18. The molecule has 1 aromatic heterocycles. The van der Waals surface area contributed by atoms with Crippen LogP contribution in [0.1, 0.15) is 18.7 Å². The number of aliphatic hydroxyl groups excluding tert-OH is 1. The van der Waals surface area contributed by atoms with Crippen molar-refractivity contribution in [3.63, 3.8) is 0 Å². The van der Waals surface area contributed by atoms with Crippen LogP contribution >= 0.6 is 0 Å². The topological polar surface area (TPSA) is 118 Å². The Labute approximate surface area is 186 Å². The third-order valence-corrected chi connectivity index (χ3v) is 7.64. The van der Waals surface area contributed by atoms with Crippen LogP contribution in [0.2, 0.25) is 0 Å². The highest BCUT2D eigenvalue weighted by Crippen LogP contribution is 2.50. The van der Waals surface area contributed by atoms with E-state index in [1.54, 1.807) is 35.8 Å². The Hall–Kier alpha value is -2.69. The van der Waals surface area contributed by atoms with Gasteiger partial charge < -0.3 is 19.7 Å². The molecule has 0 unspecified atom stereocenters. The Morgan fingerprint density at radius 2 is 1.94 bits per heavy atom. The fraction of sp³-hybridized carbons (Fsp3) is 0.455. The molecule has 1 aromatic carbocycles. The van der Waals surface area contributed by atoms with Gasteiger partial charge in [-0.1, -0.05) is 18.2 Å². The zero-order valence-corrected chi connectivity index (χ0v) is 19.0. The molecule has 2 aromatic rings. The van der Waals surface area contributed by atoms with Crippen LogP contribution in [0, 0.1) is 11.8 Å². The minimum Gasteiger partial charge on any atom is -0.496 e. The number of benzene rings is 1. The minimum atomic E-state index is -3.81. The highest BCUT2D eigenvalue weighted by Gasteiger charge is 2.58. The van der Waals surface area contributed by atoms with Crippen LogP contribution in [0.3, 0.4) is 0 Å². The number of rotatable bonds is 6. The summed E-state index contributed by atoms with van der Waals surface area (Å²) in [6.07, 6.45) is 1.06. The molecule has 0 radical (unpaired) electrons. The van der Waals surface area contributed by atoms with E-state index in [9.17, 15) is 23.1 Å². The molecule has 0 bridgehead atoms. The zero-order valence-electron chi connectivity index (χ0n) is 18.2. The van der Waals surface area contributed by atoms with E-state index in [4.69, 9.17) is 4.74 Å². The number of hydrogen-bond donors (Lipinski definition) is 2. The maximum atomic E-state index is 13.4. The summed E-state index contributed by atoms with van der Waals surface area (Å²) >= 11 is 0. The van der Waals surface area contributed by atoms with Crippen molar-refractivity contribution in [3.05, 3.63) is 52.4 Å². The van der Waals surface area contributed by atoms with Crippen molar-refractivity contribution in [2.45, 2.75) is 25.6 Å². The van der Waals surface area contributed by atoms with Gasteiger partial charge in [-0.15, -0.1) is 0 Å². The van der Waals surface area contributed by atoms with E-state index in [2.05, 4.69) is 5.32 Å². The van der Waals surface area contributed by atoms with Gasteiger partial charge in [-0.3, -0.25) is 9.59 Å². The number of carbonyl (C=O) groups is 1. The fourth-order valence-corrected chi connectivity index (χ4v) is 6.50. The molecule has 9 nitrogen and oxygen atoms in total. The predicted molar refractivity (Wildman–Crippen MR) is 119 cm³/mol. The second-order valence-corrected chi connectivity index (χ2v) is 10.1. The first kappa shape index (κ1) is 22.5. The Balaban J connectivity index is 1.86. The molecule has 4 atom stereocenters. The normalized spacial score (nSPS) is 24.8. The number of ether oxygens (including phenoxy) is 1. The number of methoxy groups -OCH3 is 1. The summed E-state index contributed by atoms with van der Waals surface area (Å²) < 4.78 is 33.7. The number of hydrogen-bond acceptors (Lipinski definition) is 6. The van der Waals surface area contributed by atoms with Gasteiger partial charge in [0.25, 0.3) is 5.56 Å². The van der Waals surface area contributed by atoms with Crippen LogP contribution in [0.15, 0.2) is 41.2 Å². The van der Waals surface area contributed by atoms with Crippen molar-refractivity contribution in [2.75, 3.05) is 26.5 Å². The quantitative estimate of drug-likeness (QED) is 0.650. The number of aliphatic hydroxyl groups is 1. The molecule has 4 rings (SSSR count). The second kappa shape index (κ2) is 8.34. The van der Waals surface area contributed by atoms with Crippen LogP contribution in [0.4, 0.5) is 0 Å². The van der Waals surface area contributed by atoms with Crippen molar-refractivity contribution in [1.82, 2.24) is 14.2 Å². The maximum Gasteiger partial charge on any atom is 0.258 e. The van der Waals surface area contributed by atoms with Crippen molar-refractivity contribution in [2.24, 2.45) is 11.8 Å². The number of fused-ring (bicyclic) bond motifs is 3. The molecule has 0 aliphatic carbocycles. The van der Waals surface area contributed by atoms with Crippen molar-refractivity contribution >= 4 is 15.9 Å². The Morgan fingerprint density at radius 1 is 1.22 bits per heavy atom. The van der Waals surface area contributed by atoms with E-state index in [0.29, 0.717) is 29.1 Å². The monoisotopic (exact) mass is 461 g/mol. The number of amides is 1. The van der Waals surface area contributed by atoms with Crippen molar-refractivity contribution in [3.8, 4) is 16.9 Å². The summed E-state index contributed by atoms with van der Waals surface area (Å²) in [7, 11) is -2.28. The van der Waals surface area contributed by atoms with Crippen molar-refractivity contribution < 1.29 is 23.1 Å². The molecule has 172 valence electrons. The van der Waals surface area contributed by atoms with Crippen LogP contribution in [-0.2, 0) is 21.4 Å². The first-order valence-electron chi connectivity index (χ1n) is 10.5. The van der Waals surface area contributed by atoms with Gasteiger partial charge in [0, 0.05) is 42.8 Å². The number of aromatic nitrogens is 1. The van der Waals surface area contributed by atoms with E-state index in [1.165, 1.54) is 11.4 Å². The molecule has 10 heteroatoms. The number of nitrogens with zero attached hydrogens (tertiary/aromatic N) is 2. The zero-order chi connectivity index (χ0) is 23.2. The molecule has 1 saturated heterocycles.